The molecule has 1 fully saturated rings. The molecule has 0 amide bonds. The van der Waals surface area contributed by atoms with E-state index in [1.54, 1.807) is 0 Å². The highest BCUT2D eigenvalue weighted by Crippen LogP contribution is 2.24. The van der Waals surface area contributed by atoms with Gasteiger partial charge < -0.3 is 15.5 Å². The fraction of sp³-hybridized carbons (Fsp3) is 0.385. The van der Waals surface area contributed by atoms with Crippen molar-refractivity contribution in [3.05, 3.63) is 30.3 Å². The first-order valence-corrected chi connectivity index (χ1v) is 7.28. The number of nitrogens with two attached hydrogens (primary N) is 1. The second-order valence-electron chi connectivity index (χ2n) is 4.59. The normalized spacial score (nSPS) is 16.4. The molecular formula is C13H17N5S. The lowest BCUT2D eigenvalue weighted by molar-refractivity contribution is 0.799. The van der Waals surface area contributed by atoms with Crippen LogP contribution in [0.1, 0.15) is 6.42 Å². The fourth-order valence-electron chi connectivity index (χ4n) is 2.36. The first-order chi connectivity index (χ1) is 9.33. The van der Waals surface area contributed by atoms with Crippen LogP contribution in [-0.4, -0.2) is 36.4 Å². The van der Waals surface area contributed by atoms with Gasteiger partial charge in [0.05, 0.1) is 0 Å². The number of hydrogen-bond acceptors (Lipinski definition) is 6. The van der Waals surface area contributed by atoms with E-state index in [4.69, 9.17) is 5.73 Å². The number of benzene rings is 1. The third-order valence-corrected chi connectivity index (χ3v) is 4.13. The Morgan fingerprint density at radius 1 is 0.947 bits per heavy atom. The van der Waals surface area contributed by atoms with Crippen LogP contribution in [-0.2, 0) is 0 Å². The van der Waals surface area contributed by atoms with Crippen LogP contribution in [0.3, 0.4) is 0 Å². The van der Waals surface area contributed by atoms with Gasteiger partial charge in [0.2, 0.25) is 10.3 Å². The lowest BCUT2D eigenvalue weighted by Crippen LogP contribution is -2.30. The maximum absolute atomic E-state index is 5.65. The van der Waals surface area contributed by atoms with Crippen molar-refractivity contribution in [2.75, 3.05) is 41.7 Å². The summed E-state index contributed by atoms with van der Waals surface area (Å²) in [4.78, 5) is 4.70. The van der Waals surface area contributed by atoms with Crippen molar-refractivity contribution >= 4 is 27.3 Å². The SMILES string of the molecule is Nc1nnc(N2CCCN(c3ccccc3)CC2)s1. The molecule has 1 aromatic carbocycles. The molecule has 2 aromatic rings. The Morgan fingerprint density at radius 2 is 1.68 bits per heavy atom. The van der Waals surface area contributed by atoms with Gasteiger partial charge in [0.1, 0.15) is 0 Å². The minimum Gasteiger partial charge on any atom is -0.374 e. The highest BCUT2D eigenvalue weighted by molar-refractivity contribution is 7.18. The Kier molecular flexibility index (Phi) is 3.50. The Labute approximate surface area is 116 Å². The Balaban J connectivity index is 1.69. The van der Waals surface area contributed by atoms with Gasteiger partial charge >= 0.3 is 0 Å². The van der Waals surface area contributed by atoms with Crippen LogP contribution in [0, 0.1) is 0 Å². The zero-order valence-corrected chi connectivity index (χ0v) is 11.5. The Morgan fingerprint density at radius 3 is 2.42 bits per heavy atom. The molecule has 1 aliphatic heterocycles. The smallest absolute Gasteiger partial charge is 0.210 e. The van der Waals surface area contributed by atoms with E-state index >= 15 is 0 Å². The van der Waals surface area contributed by atoms with E-state index in [0.29, 0.717) is 5.13 Å². The van der Waals surface area contributed by atoms with Gasteiger partial charge in [0.25, 0.3) is 0 Å². The van der Waals surface area contributed by atoms with E-state index < -0.39 is 0 Å². The van der Waals surface area contributed by atoms with Gasteiger partial charge in [-0.2, -0.15) is 0 Å². The summed E-state index contributed by atoms with van der Waals surface area (Å²) in [5.74, 6) is 0. The zero-order valence-electron chi connectivity index (χ0n) is 10.7. The summed E-state index contributed by atoms with van der Waals surface area (Å²) in [5, 5.41) is 9.50. The molecule has 1 saturated heterocycles. The molecule has 0 aliphatic carbocycles. The van der Waals surface area contributed by atoms with E-state index in [1.165, 1.54) is 17.0 Å². The van der Waals surface area contributed by atoms with E-state index in [9.17, 15) is 0 Å². The molecule has 0 spiro atoms. The topological polar surface area (TPSA) is 58.3 Å². The molecular weight excluding hydrogens is 258 g/mol. The molecule has 0 bridgehead atoms. The second kappa shape index (κ2) is 5.44. The molecule has 1 aliphatic rings. The van der Waals surface area contributed by atoms with Gasteiger partial charge in [-0.05, 0) is 18.6 Å². The average Bonchev–Trinajstić information content (AvgIpc) is 2.74. The van der Waals surface area contributed by atoms with Crippen LogP contribution in [0.15, 0.2) is 30.3 Å². The summed E-state index contributed by atoms with van der Waals surface area (Å²) >= 11 is 1.46. The number of para-hydroxylation sites is 1. The molecule has 3 rings (SSSR count). The van der Waals surface area contributed by atoms with Crippen LogP contribution in [0.5, 0.6) is 0 Å². The predicted molar refractivity (Wildman–Crippen MR) is 79.8 cm³/mol. The predicted octanol–water partition coefficient (Wildman–Crippen LogP) is 1.84. The van der Waals surface area contributed by atoms with Gasteiger partial charge in [-0.25, -0.2) is 0 Å². The number of anilines is 3. The summed E-state index contributed by atoms with van der Waals surface area (Å²) in [7, 11) is 0. The van der Waals surface area contributed by atoms with Crippen LogP contribution in [0.4, 0.5) is 16.0 Å². The number of nitrogen functional groups attached to an aromatic ring is 1. The van der Waals surface area contributed by atoms with Crippen LogP contribution >= 0.6 is 11.3 Å². The quantitative estimate of drug-likeness (QED) is 0.906. The molecule has 100 valence electrons. The van der Waals surface area contributed by atoms with Crippen LogP contribution in [0.2, 0.25) is 0 Å². The third-order valence-electron chi connectivity index (χ3n) is 3.32. The Hall–Kier alpha value is -1.82. The van der Waals surface area contributed by atoms with Crippen molar-refractivity contribution in [1.29, 1.82) is 0 Å². The van der Waals surface area contributed by atoms with E-state index in [2.05, 4.69) is 50.3 Å². The van der Waals surface area contributed by atoms with Gasteiger partial charge in [-0.15, -0.1) is 10.2 Å². The highest BCUT2D eigenvalue weighted by Gasteiger charge is 2.17. The second-order valence-corrected chi connectivity index (χ2v) is 5.57. The zero-order chi connectivity index (χ0) is 13.1. The number of nitrogens with zero attached hydrogens (tertiary/aromatic N) is 4. The van der Waals surface area contributed by atoms with Crippen LogP contribution < -0.4 is 15.5 Å². The molecule has 2 N–H and O–H groups in total. The molecule has 2 heterocycles. The largest absolute Gasteiger partial charge is 0.374 e. The molecule has 0 unspecified atom stereocenters. The molecule has 5 nitrogen and oxygen atoms in total. The maximum atomic E-state index is 5.65. The molecule has 0 atom stereocenters. The van der Waals surface area contributed by atoms with Crippen molar-refractivity contribution in [2.24, 2.45) is 0 Å². The van der Waals surface area contributed by atoms with E-state index in [0.717, 1.165) is 37.7 Å². The number of hydrogen-bond donors (Lipinski definition) is 1. The summed E-state index contributed by atoms with van der Waals surface area (Å²) < 4.78 is 0. The summed E-state index contributed by atoms with van der Waals surface area (Å²) in [6.45, 7) is 4.06. The highest BCUT2D eigenvalue weighted by atomic mass is 32.1. The van der Waals surface area contributed by atoms with E-state index in [-0.39, 0.29) is 0 Å². The lowest BCUT2D eigenvalue weighted by Gasteiger charge is -2.23. The van der Waals surface area contributed by atoms with Gasteiger partial charge in [-0.1, -0.05) is 29.5 Å². The Bertz CT molecular complexity index is 527. The molecule has 0 radical (unpaired) electrons. The number of rotatable bonds is 2. The summed E-state index contributed by atoms with van der Waals surface area (Å²) in [6.07, 6.45) is 1.12. The first kappa shape index (κ1) is 12.2. The lowest BCUT2D eigenvalue weighted by atomic mass is 10.3. The van der Waals surface area contributed by atoms with Crippen molar-refractivity contribution in [3.63, 3.8) is 0 Å². The number of aromatic nitrogens is 2. The van der Waals surface area contributed by atoms with Crippen molar-refractivity contribution in [3.8, 4) is 0 Å². The minimum atomic E-state index is 0.541. The van der Waals surface area contributed by atoms with E-state index in [1.807, 2.05) is 0 Å². The van der Waals surface area contributed by atoms with Crippen molar-refractivity contribution in [2.45, 2.75) is 6.42 Å². The first-order valence-electron chi connectivity index (χ1n) is 6.47. The fourth-order valence-corrected chi connectivity index (χ4v) is 3.02. The molecule has 0 saturated carbocycles. The van der Waals surface area contributed by atoms with Gasteiger partial charge in [0, 0.05) is 31.9 Å². The molecule has 6 heteroatoms. The summed E-state index contributed by atoms with van der Waals surface area (Å²) in [6, 6.07) is 10.6. The average molecular weight is 275 g/mol. The van der Waals surface area contributed by atoms with Gasteiger partial charge in [-0.3, -0.25) is 0 Å². The monoisotopic (exact) mass is 275 g/mol. The minimum absolute atomic E-state index is 0.541. The van der Waals surface area contributed by atoms with Crippen molar-refractivity contribution < 1.29 is 0 Å². The van der Waals surface area contributed by atoms with Gasteiger partial charge in [0.15, 0.2) is 0 Å². The standard InChI is InChI=1S/C13H17N5S/c14-12-15-16-13(19-12)18-8-4-7-17(9-10-18)11-5-2-1-3-6-11/h1-3,5-6H,4,7-10H2,(H2,14,15). The van der Waals surface area contributed by atoms with Crippen LogP contribution in [0.25, 0.3) is 0 Å². The maximum Gasteiger partial charge on any atom is 0.210 e. The molecule has 1 aromatic heterocycles. The summed E-state index contributed by atoms with van der Waals surface area (Å²) in [5.41, 5.74) is 6.94. The molecule has 19 heavy (non-hydrogen) atoms. The third kappa shape index (κ3) is 2.78. The van der Waals surface area contributed by atoms with Crippen molar-refractivity contribution in [1.82, 2.24) is 10.2 Å².